The molecule has 0 aliphatic heterocycles. The van der Waals surface area contributed by atoms with Gasteiger partial charge in [0.05, 0.1) is 5.69 Å². The van der Waals surface area contributed by atoms with Crippen molar-refractivity contribution in [3.8, 4) is 11.1 Å². The molecule has 18 heavy (non-hydrogen) atoms. The molecule has 0 radical (unpaired) electrons. The molecule has 0 heterocycles. The Balaban J connectivity index is 2.14. The lowest BCUT2D eigenvalue weighted by Crippen LogP contribution is -2.11. The van der Waals surface area contributed by atoms with E-state index in [1.807, 2.05) is 30.3 Å². The number of fused-ring (bicyclic) bond motifs is 3. The summed E-state index contributed by atoms with van der Waals surface area (Å²) in [7, 11) is -4.24. The lowest BCUT2D eigenvalue weighted by Gasteiger charge is -2.08. The van der Waals surface area contributed by atoms with Crippen molar-refractivity contribution in [1.29, 1.82) is 0 Å². The smallest absolute Gasteiger partial charge is 0.269 e. The Morgan fingerprint density at radius 3 is 2.50 bits per heavy atom. The van der Waals surface area contributed by atoms with Crippen LogP contribution in [-0.2, 0) is 16.7 Å². The zero-order valence-electron chi connectivity index (χ0n) is 9.42. The van der Waals surface area contributed by atoms with Gasteiger partial charge >= 0.3 is 10.3 Å². The summed E-state index contributed by atoms with van der Waals surface area (Å²) in [5, 5.41) is 0. The predicted octanol–water partition coefficient (Wildman–Crippen LogP) is 2.47. The van der Waals surface area contributed by atoms with E-state index in [0.29, 0.717) is 12.1 Å². The molecule has 0 atom stereocenters. The Morgan fingerprint density at radius 1 is 1.00 bits per heavy atom. The standard InChI is InChI=1S/C13H11NO3S/c15-18(16,17)14-13-7-3-6-11-10-5-2-1-4-9(10)8-12(11)13/h1-7,14H,8H2,(H,15,16,17). The average molecular weight is 261 g/mol. The van der Waals surface area contributed by atoms with Crippen LogP contribution in [0.2, 0.25) is 0 Å². The molecule has 2 aromatic carbocycles. The summed E-state index contributed by atoms with van der Waals surface area (Å²) < 4.78 is 32.9. The highest BCUT2D eigenvalue weighted by Crippen LogP contribution is 2.40. The topological polar surface area (TPSA) is 66.4 Å². The molecule has 0 bridgehead atoms. The predicted molar refractivity (Wildman–Crippen MR) is 69.9 cm³/mol. The summed E-state index contributed by atoms with van der Waals surface area (Å²) in [5.74, 6) is 0. The van der Waals surface area contributed by atoms with Crippen molar-refractivity contribution in [2.75, 3.05) is 4.72 Å². The number of hydrogen-bond donors (Lipinski definition) is 2. The Hall–Kier alpha value is -1.85. The quantitative estimate of drug-likeness (QED) is 0.696. The van der Waals surface area contributed by atoms with E-state index in [1.54, 1.807) is 12.1 Å². The zero-order chi connectivity index (χ0) is 12.8. The van der Waals surface area contributed by atoms with Crippen LogP contribution >= 0.6 is 0 Å². The maximum Gasteiger partial charge on any atom is 0.357 e. The first-order chi connectivity index (χ1) is 8.54. The van der Waals surface area contributed by atoms with Gasteiger partial charge in [-0.15, -0.1) is 0 Å². The molecule has 0 aromatic heterocycles. The van der Waals surface area contributed by atoms with Crippen molar-refractivity contribution < 1.29 is 13.0 Å². The summed E-state index contributed by atoms with van der Waals surface area (Å²) in [4.78, 5) is 0. The summed E-state index contributed by atoms with van der Waals surface area (Å²) in [6, 6.07) is 13.3. The van der Waals surface area contributed by atoms with Crippen LogP contribution < -0.4 is 4.72 Å². The Labute approximate surface area is 105 Å². The van der Waals surface area contributed by atoms with Crippen LogP contribution in [-0.4, -0.2) is 13.0 Å². The minimum atomic E-state index is -4.24. The van der Waals surface area contributed by atoms with Gasteiger partial charge in [-0.05, 0) is 28.3 Å². The molecule has 4 nitrogen and oxygen atoms in total. The van der Waals surface area contributed by atoms with E-state index in [4.69, 9.17) is 4.55 Å². The molecular formula is C13H11NO3S. The third kappa shape index (κ3) is 1.87. The van der Waals surface area contributed by atoms with Crippen LogP contribution in [0.15, 0.2) is 42.5 Å². The number of hydrogen-bond acceptors (Lipinski definition) is 2. The van der Waals surface area contributed by atoms with Gasteiger partial charge in [0.2, 0.25) is 0 Å². The first-order valence-corrected chi connectivity index (χ1v) is 6.94. The second-order valence-corrected chi connectivity index (χ2v) is 5.40. The fourth-order valence-electron chi connectivity index (χ4n) is 2.39. The Bertz CT molecular complexity index is 723. The van der Waals surface area contributed by atoms with Gasteiger partial charge in [-0.2, -0.15) is 8.42 Å². The highest BCUT2D eigenvalue weighted by Gasteiger charge is 2.21. The second kappa shape index (κ2) is 3.83. The third-order valence-electron chi connectivity index (χ3n) is 3.09. The van der Waals surface area contributed by atoms with Crippen LogP contribution in [0.3, 0.4) is 0 Å². The molecule has 0 saturated heterocycles. The molecule has 3 rings (SSSR count). The maximum atomic E-state index is 10.9. The Kier molecular flexibility index (Phi) is 2.39. The fraction of sp³-hybridized carbons (Fsp3) is 0.0769. The fourth-order valence-corrected chi connectivity index (χ4v) is 2.86. The van der Waals surface area contributed by atoms with E-state index in [-0.39, 0.29) is 0 Å². The Morgan fingerprint density at radius 2 is 1.72 bits per heavy atom. The monoisotopic (exact) mass is 261 g/mol. The molecule has 1 aliphatic carbocycles. The normalized spacial score (nSPS) is 12.9. The van der Waals surface area contributed by atoms with Crippen molar-refractivity contribution in [2.24, 2.45) is 0 Å². The van der Waals surface area contributed by atoms with Crippen molar-refractivity contribution in [3.05, 3.63) is 53.6 Å². The van der Waals surface area contributed by atoms with Crippen LogP contribution in [0.4, 0.5) is 5.69 Å². The SMILES string of the molecule is O=S(=O)(O)Nc1cccc2c1Cc1ccccc1-2. The zero-order valence-corrected chi connectivity index (χ0v) is 10.2. The van der Waals surface area contributed by atoms with Crippen LogP contribution in [0.5, 0.6) is 0 Å². The molecule has 0 spiro atoms. The highest BCUT2D eigenvalue weighted by atomic mass is 32.2. The highest BCUT2D eigenvalue weighted by molar-refractivity contribution is 7.87. The average Bonchev–Trinajstić information content (AvgIpc) is 2.67. The third-order valence-corrected chi connectivity index (χ3v) is 3.57. The van der Waals surface area contributed by atoms with Gasteiger partial charge < -0.3 is 0 Å². The van der Waals surface area contributed by atoms with Gasteiger partial charge in [-0.25, -0.2) is 0 Å². The number of rotatable bonds is 2. The number of nitrogens with one attached hydrogen (secondary N) is 1. The van der Waals surface area contributed by atoms with E-state index in [9.17, 15) is 8.42 Å². The lowest BCUT2D eigenvalue weighted by atomic mass is 10.1. The molecule has 0 fully saturated rings. The molecule has 0 unspecified atom stereocenters. The molecule has 1 aliphatic rings. The van der Waals surface area contributed by atoms with E-state index in [1.165, 1.54) is 0 Å². The summed E-state index contributed by atoms with van der Waals surface area (Å²) in [5.41, 5.74) is 4.63. The van der Waals surface area contributed by atoms with Gasteiger partial charge in [0.1, 0.15) is 0 Å². The van der Waals surface area contributed by atoms with E-state index in [2.05, 4.69) is 4.72 Å². The lowest BCUT2D eigenvalue weighted by molar-refractivity contribution is 0.489. The summed E-state index contributed by atoms with van der Waals surface area (Å²) in [6.45, 7) is 0. The number of benzene rings is 2. The minimum Gasteiger partial charge on any atom is -0.269 e. The van der Waals surface area contributed by atoms with Crippen molar-refractivity contribution in [3.63, 3.8) is 0 Å². The molecular weight excluding hydrogens is 250 g/mol. The summed E-state index contributed by atoms with van der Waals surface area (Å²) >= 11 is 0. The van der Waals surface area contributed by atoms with Crippen LogP contribution in [0.1, 0.15) is 11.1 Å². The summed E-state index contributed by atoms with van der Waals surface area (Å²) in [6.07, 6.45) is 0.671. The second-order valence-electron chi connectivity index (χ2n) is 4.24. The van der Waals surface area contributed by atoms with Crippen molar-refractivity contribution in [2.45, 2.75) is 6.42 Å². The van der Waals surface area contributed by atoms with Gasteiger partial charge in [0.15, 0.2) is 0 Å². The number of anilines is 1. The molecule has 2 N–H and O–H groups in total. The van der Waals surface area contributed by atoms with Gasteiger partial charge in [0.25, 0.3) is 0 Å². The molecule has 0 saturated carbocycles. The molecule has 0 amide bonds. The van der Waals surface area contributed by atoms with Crippen molar-refractivity contribution in [1.82, 2.24) is 0 Å². The van der Waals surface area contributed by atoms with Crippen molar-refractivity contribution >= 4 is 16.0 Å². The van der Waals surface area contributed by atoms with E-state index >= 15 is 0 Å². The maximum absolute atomic E-state index is 10.9. The van der Waals surface area contributed by atoms with Gasteiger partial charge in [0, 0.05) is 6.42 Å². The first-order valence-electron chi connectivity index (χ1n) is 5.50. The van der Waals surface area contributed by atoms with E-state index in [0.717, 1.165) is 22.3 Å². The first kappa shape index (κ1) is 11.3. The van der Waals surface area contributed by atoms with Gasteiger partial charge in [-0.1, -0.05) is 36.4 Å². The van der Waals surface area contributed by atoms with Gasteiger partial charge in [-0.3, -0.25) is 9.27 Å². The largest absolute Gasteiger partial charge is 0.357 e. The van der Waals surface area contributed by atoms with E-state index < -0.39 is 10.3 Å². The molecule has 92 valence electrons. The molecule has 2 aromatic rings. The molecule has 5 heteroatoms. The minimum absolute atomic E-state index is 0.436. The van der Waals surface area contributed by atoms with Crippen LogP contribution in [0, 0.1) is 0 Å². The van der Waals surface area contributed by atoms with Crippen LogP contribution in [0.25, 0.3) is 11.1 Å².